The summed E-state index contributed by atoms with van der Waals surface area (Å²) in [4.78, 5) is 22.6. The fourth-order valence-electron chi connectivity index (χ4n) is 3.62. The highest BCUT2D eigenvalue weighted by Crippen LogP contribution is 2.35. The number of likely N-dealkylation sites (tertiary alicyclic amines) is 1. The number of carbonyl (C=O) groups is 1. The van der Waals surface area contributed by atoms with Gasteiger partial charge in [0, 0.05) is 24.9 Å². The van der Waals surface area contributed by atoms with E-state index in [2.05, 4.69) is 9.97 Å². The van der Waals surface area contributed by atoms with Gasteiger partial charge >= 0.3 is 0 Å². The topological polar surface area (TPSA) is 75.6 Å². The Bertz CT molecular complexity index is 732. The number of methoxy groups -OCH3 is 1. The van der Waals surface area contributed by atoms with Crippen molar-refractivity contribution < 1.29 is 14.6 Å². The van der Waals surface area contributed by atoms with Crippen molar-refractivity contribution in [3.8, 4) is 5.75 Å². The third kappa shape index (κ3) is 3.85. The molecule has 6 heteroatoms. The van der Waals surface area contributed by atoms with Crippen LogP contribution in [0.4, 0.5) is 0 Å². The molecule has 6 nitrogen and oxygen atoms in total. The lowest BCUT2D eigenvalue weighted by atomic mass is 9.86. The van der Waals surface area contributed by atoms with Crippen LogP contribution in [0, 0.1) is 0 Å². The van der Waals surface area contributed by atoms with E-state index in [0.717, 1.165) is 29.8 Å². The van der Waals surface area contributed by atoms with Gasteiger partial charge in [-0.1, -0.05) is 12.1 Å². The second-order valence-corrected chi connectivity index (χ2v) is 6.82. The van der Waals surface area contributed by atoms with E-state index in [1.54, 1.807) is 20.2 Å². The third-order valence-electron chi connectivity index (χ3n) is 5.13. The number of hydrogen-bond acceptors (Lipinski definition) is 5. The molecule has 3 rings (SSSR count). The van der Waals surface area contributed by atoms with Crippen LogP contribution >= 0.6 is 0 Å². The minimum Gasteiger partial charge on any atom is -0.497 e. The maximum absolute atomic E-state index is 12.8. The van der Waals surface area contributed by atoms with Crippen LogP contribution in [0.3, 0.4) is 0 Å². The molecule has 1 amide bonds. The number of nitrogens with zero attached hydrogens (tertiary/aromatic N) is 3. The van der Waals surface area contributed by atoms with Crippen molar-refractivity contribution in [2.75, 3.05) is 13.7 Å². The smallest absolute Gasteiger partial charge is 0.223 e. The lowest BCUT2D eigenvalue weighted by molar-refractivity contribution is -0.137. The number of aryl methyl sites for hydroxylation is 1. The molecule has 26 heavy (non-hydrogen) atoms. The molecule has 0 radical (unpaired) electrons. The zero-order chi connectivity index (χ0) is 18.6. The van der Waals surface area contributed by atoms with E-state index in [1.807, 2.05) is 35.2 Å². The van der Waals surface area contributed by atoms with Gasteiger partial charge in [-0.2, -0.15) is 0 Å². The molecule has 0 aliphatic carbocycles. The Labute approximate surface area is 153 Å². The van der Waals surface area contributed by atoms with Gasteiger partial charge in [-0.25, -0.2) is 9.97 Å². The van der Waals surface area contributed by atoms with Gasteiger partial charge in [0.1, 0.15) is 17.7 Å². The Morgan fingerprint density at radius 3 is 2.77 bits per heavy atom. The second-order valence-electron chi connectivity index (χ2n) is 6.82. The van der Waals surface area contributed by atoms with Crippen LogP contribution in [0.25, 0.3) is 0 Å². The monoisotopic (exact) mass is 355 g/mol. The Morgan fingerprint density at radius 2 is 2.12 bits per heavy atom. The standard InChI is InChI=1S/C20H25N3O3/c1-20(25,15-5-8-17(26-2)9-6-15)18-4-3-13-23(18)19(24)10-7-16-11-12-21-14-22-16/h5-6,8-9,11-12,14,18,25H,3-4,7,10,13H2,1-2H3/t18-,20+/m0/s1. The molecule has 1 aliphatic rings. The van der Waals surface area contributed by atoms with Crippen LogP contribution in [0.2, 0.25) is 0 Å². The molecule has 1 N–H and O–H groups in total. The highest BCUT2D eigenvalue weighted by molar-refractivity contribution is 5.77. The van der Waals surface area contributed by atoms with E-state index >= 15 is 0 Å². The van der Waals surface area contributed by atoms with Gasteiger partial charge in [0.25, 0.3) is 0 Å². The molecule has 1 fully saturated rings. The highest BCUT2D eigenvalue weighted by atomic mass is 16.5. The van der Waals surface area contributed by atoms with E-state index in [9.17, 15) is 9.90 Å². The molecular weight excluding hydrogens is 330 g/mol. The van der Waals surface area contributed by atoms with Crippen LogP contribution in [-0.4, -0.2) is 45.6 Å². The van der Waals surface area contributed by atoms with Crippen molar-refractivity contribution in [1.29, 1.82) is 0 Å². The van der Waals surface area contributed by atoms with Gasteiger partial charge in [0.2, 0.25) is 5.91 Å². The highest BCUT2D eigenvalue weighted by Gasteiger charge is 2.42. The number of aromatic nitrogens is 2. The molecule has 1 saturated heterocycles. The summed E-state index contributed by atoms with van der Waals surface area (Å²) in [5.41, 5.74) is 0.540. The van der Waals surface area contributed by atoms with Crippen molar-refractivity contribution in [3.63, 3.8) is 0 Å². The molecule has 0 spiro atoms. The largest absolute Gasteiger partial charge is 0.497 e. The number of amides is 1. The summed E-state index contributed by atoms with van der Waals surface area (Å²) < 4.78 is 5.18. The number of hydrogen-bond donors (Lipinski definition) is 1. The first-order valence-corrected chi connectivity index (χ1v) is 8.93. The molecule has 1 aliphatic heterocycles. The van der Waals surface area contributed by atoms with Crippen LogP contribution in [0.15, 0.2) is 42.9 Å². The average molecular weight is 355 g/mol. The van der Waals surface area contributed by atoms with E-state index in [1.165, 1.54) is 6.33 Å². The van der Waals surface area contributed by atoms with Crippen molar-refractivity contribution in [1.82, 2.24) is 14.9 Å². The predicted octanol–water partition coefficient (Wildman–Crippen LogP) is 2.32. The SMILES string of the molecule is COc1ccc([C@@](C)(O)[C@@H]2CCCN2C(=O)CCc2ccncn2)cc1. The number of rotatable bonds is 6. The summed E-state index contributed by atoms with van der Waals surface area (Å²) in [6.07, 6.45) is 5.82. The predicted molar refractivity (Wildman–Crippen MR) is 97.7 cm³/mol. The lowest BCUT2D eigenvalue weighted by Crippen LogP contribution is -2.48. The molecule has 1 aromatic carbocycles. The molecule has 2 atom stereocenters. The first-order chi connectivity index (χ1) is 12.5. The van der Waals surface area contributed by atoms with E-state index in [-0.39, 0.29) is 11.9 Å². The third-order valence-corrected chi connectivity index (χ3v) is 5.13. The summed E-state index contributed by atoms with van der Waals surface area (Å²) in [6, 6.07) is 8.98. The average Bonchev–Trinajstić information content (AvgIpc) is 3.18. The Balaban J connectivity index is 1.70. The van der Waals surface area contributed by atoms with E-state index in [0.29, 0.717) is 19.4 Å². The van der Waals surface area contributed by atoms with Crippen LogP contribution in [0.1, 0.15) is 37.4 Å². The van der Waals surface area contributed by atoms with E-state index in [4.69, 9.17) is 4.74 Å². The Morgan fingerprint density at radius 1 is 1.35 bits per heavy atom. The van der Waals surface area contributed by atoms with Gasteiger partial charge in [-0.05, 0) is 49.9 Å². The van der Waals surface area contributed by atoms with Gasteiger partial charge in [0.15, 0.2) is 0 Å². The molecular formula is C20H25N3O3. The van der Waals surface area contributed by atoms with Crippen LogP contribution in [-0.2, 0) is 16.8 Å². The number of benzene rings is 1. The summed E-state index contributed by atoms with van der Waals surface area (Å²) >= 11 is 0. The summed E-state index contributed by atoms with van der Waals surface area (Å²) in [7, 11) is 1.61. The summed E-state index contributed by atoms with van der Waals surface area (Å²) in [6.45, 7) is 2.47. The minimum absolute atomic E-state index is 0.0555. The zero-order valence-corrected chi connectivity index (χ0v) is 15.3. The molecule has 0 saturated carbocycles. The molecule has 0 bridgehead atoms. The lowest BCUT2D eigenvalue weighted by Gasteiger charge is -2.37. The van der Waals surface area contributed by atoms with Crippen LogP contribution < -0.4 is 4.74 Å². The van der Waals surface area contributed by atoms with Gasteiger partial charge in [-0.15, -0.1) is 0 Å². The molecule has 138 valence electrons. The van der Waals surface area contributed by atoms with Crippen molar-refractivity contribution >= 4 is 5.91 Å². The number of carbonyl (C=O) groups excluding carboxylic acids is 1. The number of aliphatic hydroxyl groups is 1. The van der Waals surface area contributed by atoms with Gasteiger partial charge in [-0.3, -0.25) is 4.79 Å². The maximum Gasteiger partial charge on any atom is 0.223 e. The second kappa shape index (κ2) is 7.83. The fourth-order valence-corrected chi connectivity index (χ4v) is 3.62. The zero-order valence-electron chi connectivity index (χ0n) is 15.3. The molecule has 0 unspecified atom stereocenters. The Hall–Kier alpha value is -2.47. The molecule has 2 heterocycles. The fraction of sp³-hybridized carbons (Fsp3) is 0.450. The van der Waals surface area contributed by atoms with Gasteiger partial charge < -0.3 is 14.7 Å². The normalized spacial score (nSPS) is 19.2. The minimum atomic E-state index is -1.10. The molecule has 1 aromatic heterocycles. The van der Waals surface area contributed by atoms with Gasteiger partial charge in [0.05, 0.1) is 13.2 Å². The van der Waals surface area contributed by atoms with Crippen molar-refractivity contribution in [3.05, 3.63) is 54.1 Å². The van der Waals surface area contributed by atoms with Crippen LogP contribution in [0.5, 0.6) is 5.75 Å². The summed E-state index contributed by atoms with van der Waals surface area (Å²) in [5, 5.41) is 11.2. The number of ether oxygens (including phenoxy) is 1. The Kier molecular flexibility index (Phi) is 5.52. The van der Waals surface area contributed by atoms with E-state index < -0.39 is 5.60 Å². The van der Waals surface area contributed by atoms with Crippen molar-refractivity contribution in [2.45, 2.75) is 44.2 Å². The maximum atomic E-state index is 12.8. The quantitative estimate of drug-likeness (QED) is 0.861. The van der Waals surface area contributed by atoms with Crippen molar-refractivity contribution in [2.24, 2.45) is 0 Å². The first kappa shape index (κ1) is 18.3. The first-order valence-electron chi connectivity index (χ1n) is 8.93. The molecule has 2 aromatic rings. The summed E-state index contributed by atoms with van der Waals surface area (Å²) in [5.74, 6) is 0.800.